The van der Waals surface area contributed by atoms with Crippen LogP contribution in [0.5, 0.6) is 34.5 Å². The normalized spacial score (nSPS) is 13.4. The van der Waals surface area contributed by atoms with Gasteiger partial charge in [-0.05, 0) is 88.0 Å². The second-order valence-corrected chi connectivity index (χ2v) is 14.4. The van der Waals surface area contributed by atoms with E-state index in [1.165, 1.54) is 16.6 Å². The molecule has 0 N–H and O–H groups in total. The minimum atomic E-state index is -0.101. The summed E-state index contributed by atoms with van der Waals surface area (Å²) in [5.41, 5.74) is 13.3. The Kier molecular flexibility index (Phi) is 6.46. The molecule has 8 aromatic carbocycles. The molecule has 55 heavy (non-hydrogen) atoms. The van der Waals surface area contributed by atoms with E-state index in [2.05, 4.69) is 174 Å². The van der Waals surface area contributed by atoms with Gasteiger partial charge < -0.3 is 24.0 Å². The Bertz CT molecular complexity index is 2790. The maximum Gasteiger partial charge on any atom is 0.260 e. The van der Waals surface area contributed by atoms with Crippen LogP contribution in [0.4, 0.5) is 34.1 Å². The average molecular weight is 704 g/mol. The molecule has 12 rings (SSSR count). The molecule has 0 fully saturated rings. The van der Waals surface area contributed by atoms with Crippen LogP contribution in [-0.4, -0.2) is 13.4 Å². The van der Waals surface area contributed by atoms with Crippen molar-refractivity contribution in [2.75, 3.05) is 9.80 Å². The third-order valence-electron chi connectivity index (χ3n) is 11.4. The number of benzene rings is 8. The minimum Gasteiger partial charge on any atom is -0.458 e. The lowest BCUT2D eigenvalue weighted by Gasteiger charge is -2.40. The summed E-state index contributed by atoms with van der Waals surface area (Å²) in [5.74, 6) is 4.88. The van der Waals surface area contributed by atoms with E-state index in [4.69, 9.17) is 14.2 Å². The van der Waals surface area contributed by atoms with Crippen LogP contribution in [0.25, 0.3) is 0 Å². The predicted octanol–water partition coefficient (Wildman–Crippen LogP) is 8.29. The van der Waals surface area contributed by atoms with Crippen molar-refractivity contribution in [1.82, 2.24) is 0 Å². The van der Waals surface area contributed by atoms with Crippen LogP contribution in [-0.2, 0) is 0 Å². The van der Waals surface area contributed by atoms with Gasteiger partial charge in [0.1, 0.15) is 34.5 Å². The number of hydrogen-bond donors (Lipinski definition) is 0. The summed E-state index contributed by atoms with van der Waals surface area (Å²) in [6.07, 6.45) is 0. The Morgan fingerprint density at radius 3 is 1.58 bits per heavy atom. The largest absolute Gasteiger partial charge is 0.458 e. The van der Waals surface area contributed by atoms with Crippen molar-refractivity contribution in [3.63, 3.8) is 0 Å². The van der Waals surface area contributed by atoms with Gasteiger partial charge in [0, 0.05) is 52.1 Å². The van der Waals surface area contributed by atoms with Crippen LogP contribution in [0, 0.1) is 0 Å². The van der Waals surface area contributed by atoms with Crippen LogP contribution in [0.2, 0.25) is 0 Å². The molecule has 4 aliphatic heterocycles. The van der Waals surface area contributed by atoms with Crippen LogP contribution in [0.3, 0.4) is 0 Å². The van der Waals surface area contributed by atoms with Crippen molar-refractivity contribution in [1.29, 1.82) is 0 Å². The molecule has 0 saturated carbocycles. The molecule has 0 bridgehead atoms. The lowest BCUT2D eigenvalue weighted by molar-refractivity contribution is 0.456. The predicted molar refractivity (Wildman–Crippen MR) is 225 cm³/mol. The third kappa shape index (κ3) is 4.50. The van der Waals surface area contributed by atoms with Crippen molar-refractivity contribution in [2.24, 2.45) is 0 Å². The maximum absolute atomic E-state index is 7.01. The fourth-order valence-electron chi connectivity index (χ4n) is 9.15. The molecule has 0 aromatic heterocycles. The lowest BCUT2D eigenvalue weighted by Crippen LogP contribution is -2.62. The third-order valence-corrected chi connectivity index (χ3v) is 11.4. The van der Waals surface area contributed by atoms with Gasteiger partial charge in [0.25, 0.3) is 13.4 Å². The summed E-state index contributed by atoms with van der Waals surface area (Å²) in [5, 5.41) is 0. The molecule has 5 nitrogen and oxygen atoms in total. The highest BCUT2D eigenvalue weighted by molar-refractivity contribution is 7.01. The lowest BCUT2D eigenvalue weighted by atomic mass is 9.31. The second kappa shape index (κ2) is 11.7. The van der Waals surface area contributed by atoms with Gasteiger partial charge >= 0.3 is 0 Å². The Balaban J connectivity index is 1.06. The summed E-state index contributed by atoms with van der Waals surface area (Å²) in [6.45, 7) is -0.128. The summed E-state index contributed by atoms with van der Waals surface area (Å²) >= 11 is 0. The van der Waals surface area contributed by atoms with Crippen molar-refractivity contribution in [2.45, 2.75) is 0 Å². The number of nitrogens with zero attached hydrogens (tertiary/aromatic N) is 2. The minimum absolute atomic E-state index is 0.0277. The highest BCUT2D eigenvalue weighted by Gasteiger charge is 2.46. The first kappa shape index (κ1) is 30.4. The van der Waals surface area contributed by atoms with E-state index >= 15 is 0 Å². The fourth-order valence-corrected chi connectivity index (χ4v) is 9.15. The summed E-state index contributed by atoms with van der Waals surface area (Å²) in [4.78, 5) is 4.61. The second-order valence-electron chi connectivity index (χ2n) is 14.4. The highest BCUT2D eigenvalue weighted by Crippen LogP contribution is 2.44. The van der Waals surface area contributed by atoms with Gasteiger partial charge in [-0.15, -0.1) is 0 Å². The standard InChI is InChI=1S/C48H30B2N2O3/c1-4-15-31(16-5-1)51(32-17-6-2-7-18-32)34-27-45-48-46(28-34)55-44-30-43-37(29-38(44)50(48)36-22-11-13-25-41(36)53-45)49-35-21-10-12-23-39(35)52(33-19-8-3-9-20-33)40-24-14-26-42(54-43)47(40)49/h1-30H. The zero-order valence-corrected chi connectivity index (χ0v) is 29.6. The van der Waals surface area contributed by atoms with Gasteiger partial charge in [0.15, 0.2) is 0 Å². The van der Waals surface area contributed by atoms with E-state index < -0.39 is 0 Å². The topological polar surface area (TPSA) is 34.2 Å². The van der Waals surface area contributed by atoms with Crippen LogP contribution < -0.4 is 56.8 Å². The van der Waals surface area contributed by atoms with Crippen molar-refractivity contribution < 1.29 is 14.2 Å². The zero-order chi connectivity index (χ0) is 36.0. The quantitative estimate of drug-likeness (QED) is 0.172. The van der Waals surface area contributed by atoms with E-state index in [0.29, 0.717) is 0 Å². The van der Waals surface area contributed by atoms with Gasteiger partial charge in [0.2, 0.25) is 0 Å². The number of anilines is 6. The van der Waals surface area contributed by atoms with E-state index in [0.717, 1.165) is 84.8 Å². The molecular weight excluding hydrogens is 674 g/mol. The molecule has 4 aliphatic rings. The molecule has 0 unspecified atom stereocenters. The summed E-state index contributed by atoms with van der Waals surface area (Å²) in [7, 11) is 0. The van der Waals surface area contributed by atoms with E-state index in [-0.39, 0.29) is 13.4 Å². The SMILES string of the molecule is c1ccc(N(c2ccccc2)c2cc3c4c(c2)Oc2cc5c(cc2B4c2ccccc2O3)B2c3ccccc3N(c3ccccc3)c3cccc(c32)O5)cc1. The molecule has 0 radical (unpaired) electrons. The van der Waals surface area contributed by atoms with Gasteiger partial charge in [-0.3, -0.25) is 0 Å². The first-order chi connectivity index (χ1) is 27.3. The van der Waals surface area contributed by atoms with Gasteiger partial charge in [0.05, 0.1) is 5.69 Å². The van der Waals surface area contributed by atoms with Crippen molar-refractivity contribution in [3.8, 4) is 34.5 Å². The first-order valence-corrected chi connectivity index (χ1v) is 18.7. The summed E-state index contributed by atoms with van der Waals surface area (Å²) < 4.78 is 20.7. The summed E-state index contributed by atoms with van der Waals surface area (Å²) in [6, 6.07) is 63.8. The van der Waals surface area contributed by atoms with Crippen molar-refractivity contribution in [3.05, 3.63) is 182 Å². The number of ether oxygens (including phenoxy) is 3. The number of para-hydroxylation sites is 5. The van der Waals surface area contributed by atoms with Crippen LogP contribution >= 0.6 is 0 Å². The zero-order valence-electron chi connectivity index (χ0n) is 29.6. The van der Waals surface area contributed by atoms with Crippen LogP contribution in [0.15, 0.2) is 182 Å². The first-order valence-electron chi connectivity index (χ1n) is 18.7. The molecule has 0 aliphatic carbocycles. The molecule has 0 spiro atoms. The van der Waals surface area contributed by atoms with E-state index in [1.807, 2.05) is 18.2 Å². The number of rotatable bonds is 4. The Labute approximate surface area is 319 Å². The molecule has 0 amide bonds. The molecule has 8 aromatic rings. The number of hydrogen-bond acceptors (Lipinski definition) is 5. The van der Waals surface area contributed by atoms with Gasteiger partial charge in [-0.2, -0.15) is 0 Å². The van der Waals surface area contributed by atoms with Gasteiger partial charge in [-0.1, -0.05) is 103 Å². The smallest absolute Gasteiger partial charge is 0.260 e. The van der Waals surface area contributed by atoms with E-state index in [9.17, 15) is 0 Å². The molecule has 0 atom stereocenters. The molecule has 256 valence electrons. The van der Waals surface area contributed by atoms with E-state index in [1.54, 1.807) is 0 Å². The number of fused-ring (bicyclic) bond motifs is 8. The van der Waals surface area contributed by atoms with Crippen molar-refractivity contribution >= 4 is 80.3 Å². The fraction of sp³-hybridized carbons (Fsp3) is 0. The Hall–Kier alpha value is -7.11. The van der Waals surface area contributed by atoms with Crippen LogP contribution in [0.1, 0.15) is 0 Å². The molecule has 0 saturated heterocycles. The Morgan fingerprint density at radius 2 is 0.873 bits per heavy atom. The highest BCUT2D eigenvalue weighted by atomic mass is 16.5. The maximum atomic E-state index is 7.01. The Morgan fingerprint density at radius 1 is 0.345 bits per heavy atom. The monoisotopic (exact) mass is 704 g/mol. The van der Waals surface area contributed by atoms with Gasteiger partial charge in [-0.25, -0.2) is 0 Å². The molecular formula is C48H30B2N2O3. The average Bonchev–Trinajstić information content (AvgIpc) is 3.24. The molecule has 4 heterocycles. The molecule has 7 heteroatoms.